The maximum atomic E-state index is 13.3. The Morgan fingerprint density at radius 1 is 1.26 bits per heavy atom. The van der Waals surface area contributed by atoms with Crippen LogP contribution in [0.5, 0.6) is 0 Å². The van der Waals surface area contributed by atoms with Crippen LogP contribution in [-0.4, -0.2) is 56.7 Å². The number of hydrogen-bond donors (Lipinski definition) is 0. The molecule has 1 aliphatic heterocycles. The third-order valence-electron chi connectivity index (χ3n) is 5.57. The fourth-order valence-corrected chi connectivity index (χ4v) is 4.55. The normalized spacial score (nSPS) is 18.3. The summed E-state index contributed by atoms with van der Waals surface area (Å²) in [5.41, 5.74) is 2.63. The summed E-state index contributed by atoms with van der Waals surface area (Å²) in [6.45, 7) is 4.36. The van der Waals surface area contributed by atoms with Gasteiger partial charge in [0.15, 0.2) is 5.65 Å². The number of nitrogens with zero attached hydrogens (tertiary/aromatic N) is 5. The van der Waals surface area contributed by atoms with Gasteiger partial charge < -0.3 is 4.90 Å². The number of fused-ring (bicyclic) bond motifs is 1. The van der Waals surface area contributed by atoms with Crippen LogP contribution < -0.4 is 0 Å². The number of thiophene rings is 1. The molecule has 1 saturated heterocycles. The van der Waals surface area contributed by atoms with Crippen LogP contribution in [0.1, 0.15) is 39.7 Å². The molecule has 5 rings (SSSR count). The van der Waals surface area contributed by atoms with E-state index in [9.17, 15) is 4.79 Å². The van der Waals surface area contributed by atoms with Crippen LogP contribution in [0.15, 0.2) is 29.8 Å². The van der Waals surface area contributed by atoms with E-state index in [1.807, 2.05) is 18.0 Å². The largest absolute Gasteiger partial charge is 0.336 e. The highest BCUT2D eigenvalue weighted by molar-refractivity contribution is 7.09. The molecule has 0 spiro atoms. The molecule has 0 N–H and O–H groups in total. The summed E-state index contributed by atoms with van der Waals surface area (Å²) in [6.07, 6.45) is 4.12. The molecule has 0 radical (unpaired) electrons. The van der Waals surface area contributed by atoms with Crippen LogP contribution in [-0.2, 0) is 13.6 Å². The molecule has 1 saturated carbocycles. The Labute approximate surface area is 162 Å². The fourth-order valence-electron chi connectivity index (χ4n) is 3.80. The van der Waals surface area contributed by atoms with Crippen LogP contribution in [0.25, 0.3) is 11.0 Å². The number of rotatable bonds is 4. The number of carbonyl (C=O) groups excluding carboxylic acids is 1. The molecule has 0 aromatic carbocycles. The van der Waals surface area contributed by atoms with Gasteiger partial charge in [-0.2, -0.15) is 5.10 Å². The van der Waals surface area contributed by atoms with E-state index in [1.165, 1.54) is 17.7 Å². The van der Waals surface area contributed by atoms with Gasteiger partial charge in [-0.05, 0) is 30.4 Å². The standard InChI is InChI=1S/C20H23N5OS/c1-23-19-17(12-21-23)16(11-18(22-19)14-4-5-14)20(26)25-8-6-24(7-9-25)13-15-3-2-10-27-15/h2-3,10-12,14H,4-9,13H2,1H3. The number of amides is 1. The van der Waals surface area contributed by atoms with Gasteiger partial charge in [-0.15, -0.1) is 11.3 Å². The van der Waals surface area contributed by atoms with Gasteiger partial charge in [0.1, 0.15) is 0 Å². The Morgan fingerprint density at radius 2 is 2.07 bits per heavy atom. The SMILES string of the molecule is Cn1ncc2c(C(=O)N3CCN(Cc4cccs4)CC3)cc(C3CC3)nc21. The van der Waals surface area contributed by atoms with E-state index in [1.54, 1.807) is 22.2 Å². The van der Waals surface area contributed by atoms with Crippen molar-refractivity contribution in [1.29, 1.82) is 0 Å². The summed E-state index contributed by atoms with van der Waals surface area (Å²) in [4.78, 5) is 23.8. The molecule has 3 aromatic heterocycles. The van der Waals surface area contributed by atoms with Gasteiger partial charge in [0.05, 0.1) is 17.1 Å². The predicted octanol–water partition coefficient (Wildman–Crippen LogP) is 2.87. The maximum absolute atomic E-state index is 13.3. The molecule has 4 heterocycles. The zero-order valence-corrected chi connectivity index (χ0v) is 16.3. The number of aromatic nitrogens is 3. The van der Waals surface area contributed by atoms with Crippen molar-refractivity contribution < 1.29 is 4.79 Å². The molecular weight excluding hydrogens is 358 g/mol. The van der Waals surface area contributed by atoms with Gasteiger partial charge in [-0.3, -0.25) is 14.4 Å². The first-order valence-corrected chi connectivity index (χ1v) is 10.4. The average Bonchev–Trinajstić information content (AvgIpc) is 3.30. The highest BCUT2D eigenvalue weighted by Gasteiger charge is 2.30. The van der Waals surface area contributed by atoms with Crippen LogP contribution in [0.4, 0.5) is 0 Å². The van der Waals surface area contributed by atoms with Crippen LogP contribution in [0.2, 0.25) is 0 Å². The van der Waals surface area contributed by atoms with Gasteiger partial charge in [0, 0.05) is 56.3 Å². The van der Waals surface area contributed by atoms with Gasteiger partial charge in [-0.1, -0.05) is 6.07 Å². The van der Waals surface area contributed by atoms with Crippen molar-refractivity contribution in [3.8, 4) is 0 Å². The van der Waals surface area contributed by atoms with Crippen LogP contribution in [0, 0.1) is 0 Å². The topological polar surface area (TPSA) is 54.3 Å². The number of piperazine rings is 1. The van der Waals surface area contributed by atoms with Crippen molar-refractivity contribution in [2.24, 2.45) is 7.05 Å². The molecule has 0 bridgehead atoms. The summed E-state index contributed by atoms with van der Waals surface area (Å²) < 4.78 is 1.77. The maximum Gasteiger partial charge on any atom is 0.254 e. The lowest BCUT2D eigenvalue weighted by Gasteiger charge is -2.34. The average molecular weight is 382 g/mol. The summed E-state index contributed by atoms with van der Waals surface area (Å²) in [7, 11) is 1.89. The summed E-state index contributed by atoms with van der Waals surface area (Å²) in [5.74, 6) is 0.631. The highest BCUT2D eigenvalue weighted by Crippen LogP contribution is 2.40. The van der Waals surface area contributed by atoms with E-state index in [-0.39, 0.29) is 5.91 Å². The molecule has 2 fully saturated rings. The number of aryl methyl sites for hydroxylation is 1. The molecule has 27 heavy (non-hydrogen) atoms. The van der Waals surface area contributed by atoms with Gasteiger partial charge >= 0.3 is 0 Å². The molecule has 1 amide bonds. The minimum atomic E-state index is 0.119. The lowest BCUT2D eigenvalue weighted by Crippen LogP contribution is -2.48. The monoisotopic (exact) mass is 381 g/mol. The number of hydrogen-bond acceptors (Lipinski definition) is 5. The van der Waals surface area contributed by atoms with E-state index in [4.69, 9.17) is 4.98 Å². The molecule has 7 heteroatoms. The minimum absolute atomic E-state index is 0.119. The summed E-state index contributed by atoms with van der Waals surface area (Å²) in [6, 6.07) is 6.29. The first-order chi connectivity index (χ1) is 13.2. The van der Waals surface area contributed by atoms with E-state index in [0.717, 1.165) is 55.0 Å². The highest BCUT2D eigenvalue weighted by atomic mass is 32.1. The summed E-state index contributed by atoms with van der Waals surface area (Å²) >= 11 is 1.80. The van der Waals surface area contributed by atoms with Gasteiger partial charge in [0.2, 0.25) is 0 Å². The Bertz CT molecular complexity index is 968. The minimum Gasteiger partial charge on any atom is -0.336 e. The third-order valence-corrected chi connectivity index (χ3v) is 6.43. The molecule has 2 aliphatic rings. The van der Waals surface area contributed by atoms with E-state index < -0.39 is 0 Å². The Hall–Kier alpha value is -2.25. The Balaban J connectivity index is 1.35. The van der Waals surface area contributed by atoms with Crippen molar-refractivity contribution >= 4 is 28.3 Å². The lowest BCUT2D eigenvalue weighted by atomic mass is 10.1. The molecule has 140 valence electrons. The Kier molecular flexibility index (Phi) is 4.21. The second-order valence-corrected chi connectivity index (χ2v) is 8.55. The fraction of sp³-hybridized carbons (Fsp3) is 0.450. The number of pyridine rings is 1. The zero-order valence-electron chi connectivity index (χ0n) is 15.5. The van der Waals surface area contributed by atoms with E-state index >= 15 is 0 Å². The van der Waals surface area contributed by atoms with Crippen molar-refractivity contribution in [1.82, 2.24) is 24.6 Å². The van der Waals surface area contributed by atoms with Crippen LogP contribution in [0.3, 0.4) is 0 Å². The van der Waals surface area contributed by atoms with Crippen molar-refractivity contribution in [3.05, 3.63) is 45.9 Å². The second-order valence-electron chi connectivity index (χ2n) is 7.52. The van der Waals surface area contributed by atoms with E-state index in [2.05, 4.69) is 27.5 Å². The smallest absolute Gasteiger partial charge is 0.254 e. The first kappa shape index (κ1) is 16.9. The zero-order chi connectivity index (χ0) is 18.4. The molecule has 0 atom stereocenters. The van der Waals surface area contributed by atoms with E-state index in [0.29, 0.717) is 5.92 Å². The molecule has 1 aliphatic carbocycles. The number of carbonyl (C=O) groups is 1. The van der Waals surface area contributed by atoms with Crippen LogP contribution >= 0.6 is 11.3 Å². The molecule has 0 unspecified atom stereocenters. The van der Waals surface area contributed by atoms with Crippen molar-refractivity contribution in [3.63, 3.8) is 0 Å². The lowest BCUT2D eigenvalue weighted by molar-refractivity contribution is 0.0631. The third kappa shape index (κ3) is 3.26. The Morgan fingerprint density at radius 3 is 2.78 bits per heavy atom. The molecule has 6 nitrogen and oxygen atoms in total. The molecule has 3 aromatic rings. The summed E-state index contributed by atoms with van der Waals surface area (Å²) in [5, 5.41) is 7.32. The van der Waals surface area contributed by atoms with Crippen molar-refractivity contribution in [2.75, 3.05) is 26.2 Å². The first-order valence-electron chi connectivity index (χ1n) is 9.56. The predicted molar refractivity (Wildman–Crippen MR) is 106 cm³/mol. The van der Waals surface area contributed by atoms with Gasteiger partial charge in [0.25, 0.3) is 5.91 Å². The van der Waals surface area contributed by atoms with Gasteiger partial charge in [-0.25, -0.2) is 4.98 Å². The van der Waals surface area contributed by atoms with Crippen molar-refractivity contribution in [2.45, 2.75) is 25.3 Å². The molecular formula is C20H23N5OS. The second kappa shape index (κ2) is 6.73. The quantitative estimate of drug-likeness (QED) is 0.697.